The average molecular weight is 217 g/mol. The van der Waals surface area contributed by atoms with Crippen LogP contribution in [0.5, 0.6) is 0 Å². The minimum atomic E-state index is -0.573. The summed E-state index contributed by atoms with van der Waals surface area (Å²) in [6.07, 6.45) is 0.0416. The zero-order valence-electron chi connectivity index (χ0n) is 9.31. The van der Waals surface area contributed by atoms with Crippen LogP contribution in [0.25, 0.3) is 0 Å². The minimum Gasteiger partial charge on any atom is -0.469 e. The highest BCUT2D eigenvalue weighted by molar-refractivity contribution is 5.73. The van der Waals surface area contributed by atoms with Crippen LogP contribution in [0.3, 0.4) is 0 Å². The van der Waals surface area contributed by atoms with Gasteiger partial charge in [-0.1, -0.05) is 0 Å². The van der Waals surface area contributed by atoms with E-state index in [0.29, 0.717) is 19.6 Å². The fraction of sp³-hybridized carbons (Fsp3) is 0.900. The molecule has 0 bridgehead atoms. The van der Waals surface area contributed by atoms with Crippen molar-refractivity contribution in [2.24, 2.45) is 5.92 Å². The number of aliphatic hydroxyl groups is 1. The number of carbonyl (C=O) groups is 1. The Kier molecular flexibility index (Phi) is 5.01. The Bertz CT molecular complexity index is 208. The normalized spacial score (nSPS) is 27.7. The Hall–Kier alpha value is -0.650. The number of nitrogens with zero attached hydrogens (tertiary/aromatic N) is 1. The molecule has 0 saturated carbocycles. The van der Waals surface area contributed by atoms with Crippen LogP contribution in [0.15, 0.2) is 0 Å². The van der Waals surface area contributed by atoms with Crippen molar-refractivity contribution in [3.8, 4) is 0 Å². The van der Waals surface area contributed by atoms with E-state index in [9.17, 15) is 9.90 Å². The number of aliphatic hydroxyl groups excluding tert-OH is 1. The number of rotatable bonds is 4. The van der Waals surface area contributed by atoms with Gasteiger partial charge in [0.15, 0.2) is 0 Å². The molecule has 0 radical (unpaired) electrons. The van der Waals surface area contributed by atoms with Crippen molar-refractivity contribution in [1.29, 1.82) is 0 Å². The standard InChI is InChI=1S/C10H19NO4/c1-14-6-5-11-4-3-9(12)8(7-11)10(13)15-2/h8-9,12H,3-7H2,1-2H3. The molecule has 2 atom stereocenters. The Morgan fingerprint density at radius 3 is 2.87 bits per heavy atom. The Morgan fingerprint density at radius 2 is 2.27 bits per heavy atom. The van der Waals surface area contributed by atoms with Crippen molar-refractivity contribution in [3.05, 3.63) is 0 Å². The molecule has 5 heteroatoms. The molecule has 0 aliphatic carbocycles. The number of likely N-dealkylation sites (tertiary alicyclic amines) is 1. The smallest absolute Gasteiger partial charge is 0.312 e. The van der Waals surface area contributed by atoms with Crippen LogP contribution in [0.4, 0.5) is 0 Å². The molecule has 5 nitrogen and oxygen atoms in total. The lowest BCUT2D eigenvalue weighted by atomic mass is 9.95. The summed E-state index contributed by atoms with van der Waals surface area (Å²) in [5, 5.41) is 9.65. The number of esters is 1. The van der Waals surface area contributed by atoms with Gasteiger partial charge in [0.1, 0.15) is 0 Å². The molecule has 0 aromatic carbocycles. The van der Waals surface area contributed by atoms with Gasteiger partial charge < -0.3 is 14.6 Å². The highest BCUT2D eigenvalue weighted by Gasteiger charge is 2.33. The van der Waals surface area contributed by atoms with Gasteiger partial charge in [-0.05, 0) is 6.42 Å². The molecule has 0 spiro atoms. The molecule has 1 aliphatic rings. The second-order valence-corrected chi connectivity index (χ2v) is 3.78. The van der Waals surface area contributed by atoms with Crippen LogP contribution >= 0.6 is 0 Å². The Balaban J connectivity index is 2.44. The maximum absolute atomic E-state index is 11.4. The Morgan fingerprint density at radius 1 is 1.53 bits per heavy atom. The number of ether oxygens (including phenoxy) is 2. The summed E-state index contributed by atoms with van der Waals surface area (Å²) in [6, 6.07) is 0. The summed E-state index contributed by atoms with van der Waals surface area (Å²) in [7, 11) is 3.00. The lowest BCUT2D eigenvalue weighted by Crippen LogP contribution is -2.47. The highest BCUT2D eigenvalue weighted by Crippen LogP contribution is 2.18. The van der Waals surface area contributed by atoms with E-state index in [0.717, 1.165) is 13.1 Å². The van der Waals surface area contributed by atoms with E-state index in [1.807, 2.05) is 0 Å². The van der Waals surface area contributed by atoms with Crippen molar-refractivity contribution in [2.75, 3.05) is 40.5 Å². The fourth-order valence-electron chi connectivity index (χ4n) is 1.81. The van der Waals surface area contributed by atoms with Crippen LogP contribution in [0.2, 0.25) is 0 Å². The molecule has 0 aromatic rings. The largest absolute Gasteiger partial charge is 0.469 e. The van der Waals surface area contributed by atoms with Crippen LogP contribution in [0.1, 0.15) is 6.42 Å². The van der Waals surface area contributed by atoms with Crippen molar-refractivity contribution < 1.29 is 19.4 Å². The number of methoxy groups -OCH3 is 2. The van der Waals surface area contributed by atoms with Crippen LogP contribution in [-0.4, -0.2) is 62.5 Å². The highest BCUT2D eigenvalue weighted by atomic mass is 16.5. The number of hydrogen-bond donors (Lipinski definition) is 1. The minimum absolute atomic E-state index is 0.329. The third kappa shape index (κ3) is 3.44. The van der Waals surface area contributed by atoms with Crippen LogP contribution in [-0.2, 0) is 14.3 Å². The number of hydrogen-bond acceptors (Lipinski definition) is 5. The molecule has 1 rings (SSSR count). The van der Waals surface area contributed by atoms with Crippen molar-refractivity contribution in [2.45, 2.75) is 12.5 Å². The summed E-state index contributed by atoms with van der Waals surface area (Å²) >= 11 is 0. The first-order chi connectivity index (χ1) is 7.19. The molecule has 2 unspecified atom stereocenters. The maximum Gasteiger partial charge on any atom is 0.312 e. The summed E-state index contributed by atoms with van der Waals surface area (Å²) in [4.78, 5) is 13.5. The molecule has 1 saturated heterocycles. The summed E-state index contributed by atoms with van der Waals surface area (Å²) in [5.41, 5.74) is 0. The van der Waals surface area contributed by atoms with Gasteiger partial charge in [0.05, 0.1) is 25.7 Å². The van der Waals surface area contributed by atoms with Gasteiger partial charge >= 0.3 is 5.97 Å². The molecule has 0 aromatic heterocycles. The van der Waals surface area contributed by atoms with E-state index in [2.05, 4.69) is 9.64 Å². The van der Waals surface area contributed by atoms with Crippen molar-refractivity contribution >= 4 is 5.97 Å². The summed E-state index contributed by atoms with van der Waals surface area (Å²) in [6.45, 7) is 2.79. The Labute approximate surface area is 90.0 Å². The van der Waals surface area contributed by atoms with E-state index in [-0.39, 0.29) is 5.97 Å². The van der Waals surface area contributed by atoms with Crippen LogP contribution in [0, 0.1) is 5.92 Å². The average Bonchev–Trinajstić information content (AvgIpc) is 2.27. The predicted octanol–water partition coefficient (Wildman–Crippen LogP) is -0.511. The van der Waals surface area contributed by atoms with E-state index in [1.54, 1.807) is 7.11 Å². The third-order valence-electron chi connectivity index (χ3n) is 2.78. The molecule has 1 fully saturated rings. The zero-order chi connectivity index (χ0) is 11.3. The molecule has 15 heavy (non-hydrogen) atoms. The van der Waals surface area contributed by atoms with Gasteiger partial charge in [-0.2, -0.15) is 0 Å². The molecule has 0 amide bonds. The fourth-order valence-corrected chi connectivity index (χ4v) is 1.81. The summed E-state index contributed by atoms with van der Waals surface area (Å²) in [5.74, 6) is -0.745. The van der Waals surface area contributed by atoms with Gasteiger partial charge in [0.2, 0.25) is 0 Å². The molecule has 1 aliphatic heterocycles. The molecule has 88 valence electrons. The SMILES string of the molecule is COCCN1CCC(O)C(C(=O)OC)C1. The molecule has 1 N–H and O–H groups in total. The third-order valence-corrected chi connectivity index (χ3v) is 2.78. The van der Waals surface area contributed by atoms with E-state index in [4.69, 9.17) is 4.74 Å². The maximum atomic E-state index is 11.4. The predicted molar refractivity (Wildman–Crippen MR) is 54.4 cm³/mol. The van der Waals surface area contributed by atoms with Gasteiger partial charge in [-0.15, -0.1) is 0 Å². The number of carbonyl (C=O) groups excluding carboxylic acids is 1. The van der Waals surface area contributed by atoms with E-state index in [1.165, 1.54) is 7.11 Å². The first-order valence-corrected chi connectivity index (χ1v) is 5.16. The second kappa shape index (κ2) is 6.05. The first kappa shape index (κ1) is 12.4. The lowest BCUT2D eigenvalue weighted by Gasteiger charge is -2.34. The molecular formula is C10H19NO4. The number of piperidine rings is 1. The van der Waals surface area contributed by atoms with Gasteiger partial charge in [0.25, 0.3) is 0 Å². The van der Waals surface area contributed by atoms with Gasteiger partial charge in [-0.25, -0.2) is 0 Å². The van der Waals surface area contributed by atoms with Crippen molar-refractivity contribution in [3.63, 3.8) is 0 Å². The van der Waals surface area contributed by atoms with E-state index < -0.39 is 12.0 Å². The first-order valence-electron chi connectivity index (χ1n) is 5.16. The monoisotopic (exact) mass is 217 g/mol. The van der Waals surface area contributed by atoms with Gasteiger partial charge in [-0.3, -0.25) is 9.69 Å². The second-order valence-electron chi connectivity index (χ2n) is 3.78. The van der Waals surface area contributed by atoms with Gasteiger partial charge in [0, 0.05) is 26.7 Å². The molecule has 1 heterocycles. The van der Waals surface area contributed by atoms with E-state index >= 15 is 0 Å². The van der Waals surface area contributed by atoms with Crippen molar-refractivity contribution in [1.82, 2.24) is 4.90 Å². The molecular weight excluding hydrogens is 198 g/mol. The quantitative estimate of drug-likeness (QED) is 0.643. The van der Waals surface area contributed by atoms with Crippen LogP contribution < -0.4 is 0 Å². The zero-order valence-corrected chi connectivity index (χ0v) is 9.31. The summed E-state index contributed by atoms with van der Waals surface area (Å²) < 4.78 is 9.63. The lowest BCUT2D eigenvalue weighted by molar-refractivity contribution is -0.152. The topological polar surface area (TPSA) is 59.0 Å².